The molecule has 0 saturated heterocycles. The van der Waals surface area contributed by atoms with Gasteiger partial charge >= 0.3 is 0 Å². The lowest BCUT2D eigenvalue weighted by Crippen LogP contribution is -2.32. The van der Waals surface area contributed by atoms with Crippen molar-refractivity contribution in [2.45, 2.75) is 12.5 Å². The Morgan fingerprint density at radius 3 is 2.65 bits per heavy atom. The van der Waals surface area contributed by atoms with Crippen LogP contribution in [0.3, 0.4) is 0 Å². The molecule has 2 aromatic rings. The molecule has 3 heteroatoms. The minimum atomic E-state index is -0.0695. The second-order valence-electron chi connectivity index (χ2n) is 5.20. The highest BCUT2D eigenvalue weighted by molar-refractivity contribution is 5.88. The van der Waals surface area contributed by atoms with E-state index in [-0.39, 0.29) is 11.8 Å². The summed E-state index contributed by atoms with van der Waals surface area (Å²) in [6.45, 7) is 1.34. The van der Waals surface area contributed by atoms with Gasteiger partial charge in [0.25, 0.3) is 0 Å². The molecular formula is C17H18N2O. The molecule has 1 aliphatic heterocycles. The molecule has 0 aliphatic carbocycles. The third kappa shape index (κ3) is 2.39. The molecule has 1 amide bonds. The summed E-state index contributed by atoms with van der Waals surface area (Å²) in [6.07, 6.45) is 0. The van der Waals surface area contributed by atoms with Crippen molar-refractivity contribution < 1.29 is 4.79 Å². The van der Waals surface area contributed by atoms with E-state index in [0.29, 0.717) is 13.1 Å². The lowest BCUT2D eigenvalue weighted by atomic mass is 10.00. The minimum absolute atomic E-state index is 0.0695. The molecule has 1 atom stereocenters. The number of anilines is 1. The van der Waals surface area contributed by atoms with Crippen LogP contribution < -0.4 is 5.32 Å². The van der Waals surface area contributed by atoms with Crippen molar-refractivity contribution in [1.29, 1.82) is 0 Å². The normalized spacial score (nSPS) is 16.4. The molecule has 20 heavy (non-hydrogen) atoms. The maximum Gasteiger partial charge on any atom is 0.232 e. The topological polar surface area (TPSA) is 32.3 Å². The monoisotopic (exact) mass is 266 g/mol. The van der Waals surface area contributed by atoms with Gasteiger partial charge in [-0.05, 0) is 17.2 Å². The third-order valence-electron chi connectivity index (χ3n) is 3.77. The van der Waals surface area contributed by atoms with Gasteiger partial charge < -0.3 is 10.2 Å². The van der Waals surface area contributed by atoms with E-state index in [1.54, 1.807) is 0 Å². The number of hydrogen-bond donors (Lipinski definition) is 1. The average molecular weight is 266 g/mol. The second kappa shape index (κ2) is 5.37. The molecule has 2 aromatic carbocycles. The molecule has 0 radical (unpaired) electrons. The molecule has 0 aromatic heterocycles. The van der Waals surface area contributed by atoms with Gasteiger partial charge in [0.1, 0.15) is 0 Å². The zero-order valence-corrected chi connectivity index (χ0v) is 11.5. The van der Waals surface area contributed by atoms with Gasteiger partial charge in [-0.1, -0.05) is 48.5 Å². The molecule has 1 N–H and O–H groups in total. The molecule has 1 unspecified atom stereocenters. The first-order valence-electron chi connectivity index (χ1n) is 6.87. The zero-order chi connectivity index (χ0) is 13.9. The van der Waals surface area contributed by atoms with Crippen molar-refractivity contribution in [3.63, 3.8) is 0 Å². The van der Waals surface area contributed by atoms with Gasteiger partial charge in [0.05, 0.1) is 5.92 Å². The van der Waals surface area contributed by atoms with Crippen LogP contribution >= 0.6 is 0 Å². The van der Waals surface area contributed by atoms with Gasteiger partial charge in [0.15, 0.2) is 0 Å². The van der Waals surface area contributed by atoms with Crippen LogP contribution in [0.1, 0.15) is 17.0 Å². The fraction of sp³-hybridized carbons (Fsp3) is 0.235. The summed E-state index contributed by atoms with van der Waals surface area (Å²) in [5.74, 6) is 0.103. The van der Waals surface area contributed by atoms with Crippen molar-refractivity contribution in [3.8, 4) is 0 Å². The highest BCUT2D eigenvalue weighted by Gasteiger charge is 2.30. The molecule has 1 heterocycles. The van der Waals surface area contributed by atoms with Crippen molar-refractivity contribution >= 4 is 11.6 Å². The quantitative estimate of drug-likeness (QED) is 0.926. The van der Waals surface area contributed by atoms with Gasteiger partial charge in [-0.15, -0.1) is 0 Å². The lowest BCUT2D eigenvalue weighted by molar-refractivity contribution is -0.131. The number of likely N-dealkylation sites (N-methyl/N-ethyl adjacent to an activating group) is 1. The van der Waals surface area contributed by atoms with Crippen LogP contribution in [0.25, 0.3) is 0 Å². The summed E-state index contributed by atoms with van der Waals surface area (Å²) in [5.41, 5.74) is 3.35. The number of hydrogen-bond acceptors (Lipinski definition) is 2. The minimum Gasteiger partial charge on any atom is -0.384 e. The lowest BCUT2D eigenvalue weighted by Gasteiger charge is -2.21. The van der Waals surface area contributed by atoms with Crippen LogP contribution in [-0.2, 0) is 11.3 Å². The number of fused-ring (bicyclic) bond motifs is 1. The Morgan fingerprint density at radius 2 is 1.85 bits per heavy atom. The number of benzene rings is 2. The maximum absolute atomic E-state index is 12.6. The van der Waals surface area contributed by atoms with Crippen molar-refractivity contribution in [3.05, 3.63) is 65.7 Å². The number of carbonyl (C=O) groups is 1. The number of rotatable bonds is 3. The fourth-order valence-corrected chi connectivity index (χ4v) is 2.71. The first-order chi connectivity index (χ1) is 9.75. The van der Waals surface area contributed by atoms with E-state index in [9.17, 15) is 4.79 Å². The van der Waals surface area contributed by atoms with Crippen LogP contribution in [0.2, 0.25) is 0 Å². The number of para-hydroxylation sites is 1. The zero-order valence-electron chi connectivity index (χ0n) is 11.5. The van der Waals surface area contributed by atoms with E-state index < -0.39 is 0 Å². The van der Waals surface area contributed by atoms with Crippen LogP contribution in [-0.4, -0.2) is 24.4 Å². The second-order valence-corrected chi connectivity index (χ2v) is 5.20. The van der Waals surface area contributed by atoms with Gasteiger partial charge in [-0.2, -0.15) is 0 Å². The molecular weight excluding hydrogens is 248 g/mol. The Labute approximate surface area is 119 Å². The number of nitrogens with one attached hydrogen (secondary N) is 1. The van der Waals surface area contributed by atoms with E-state index in [2.05, 4.69) is 5.32 Å². The summed E-state index contributed by atoms with van der Waals surface area (Å²) in [7, 11) is 1.87. The summed E-state index contributed by atoms with van der Waals surface area (Å²) < 4.78 is 0. The predicted octanol–water partition coefficient (Wildman–Crippen LogP) is 2.85. The first-order valence-corrected chi connectivity index (χ1v) is 6.87. The Hall–Kier alpha value is -2.29. The Morgan fingerprint density at radius 1 is 1.15 bits per heavy atom. The standard InChI is InChI=1S/C17H18N2O/c1-19(12-13-7-3-2-4-8-13)17(20)15-11-18-16-10-6-5-9-14(15)16/h2-10,15,18H,11-12H2,1H3. The van der Waals surface area contributed by atoms with Crippen molar-refractivity contribution in [1.82, 2.24) is 4.90 Å². The first kappa shape index (κ1) is 12.7. The Balaban J connectivity index is 1.74. The van der Waals surface area contributed by atoms with E-state index >= 15 is 0 Å². The summed E-state index contributed by atoms with van der Waals surface area (Å²) >= 11 is 0. The SMILES string of the molecule is CN(Cc1ccccc1)C(=O)C1CNc2ccccc21. The van der Waals surface area contributed by atoms with Crippen LogP contribution in [0.4, 0.5) is 5.69 Å². The van der Waals surface area contributed by atoms with Crippen LogP contribution in [0.5, 0.6) is 0 Å². The molecule has 1 aliphatic rings. The van der Waals surface area contributed by atoms with Gasteiger partial charge in [0.2, 0.25) is 5.91 Å². The molecule has 0 fully saturated rings. The van der Waals surface area contributed by atoms with Crippen molar-refractivity contribution in [2.24, 2.45) is 0 Å². The van der Waals surface area contributed by atoms with E-state index in [0.717, 1.165) is 16.8 Å². The van der Waals surface area contributed by atoms with Gasteiger partial charge in [0, 0.05) is 25.8 Å². The molecule has 0 saturated carbocycles. The molecule has 3 nitrogen and oxygen atoms in total. The van der Waals surface area contributed by atoms with E-state index in [1.807, 2.05) is 66.5 Å². The highest BCUT2D eigenvalue weighted by atomic mass is 16.2. The van der Waals surface area contributed by atoms with Gasteiger partial charge in [-0.3, -0.25) is 4.79 Å². The van der Waals surface area contributed by atoms with Crippen LogP contribution in [0.15, 0.2) is 54.6 Å². The third-order valence-corrected chi connectivity index (χ3v) is 3.77. The van der Waals surface area contributed by atoms with Gasteiger partial charge in [-0.25, -0.2) is 0 Å². The number of amides is 1. The molecule has 0 bridgehead atoms. The summed E-state index contributed by atoms with van der Waals surface area (Å²) in [6, 6.07) is 18.1. The van der Waals surface area contributed by atoms with Crippen molar-refractivity contribution in [2.75, 3.05) is 18.9 Å². The maximum atomic E-state index is 12.6. The average Bonchev–Trinajstić information content (AvgIpc) is 2.91. The van der Waals surface area contributed by atoms with Crippen LogP contribution in [0, 0.1) is 0 Å². The number of nitrogens with zero attached hydrogens (tertiary/aromatic N) is 1. The number of carbonyl (C=O) groups excluding carboxylic acids is 1. The largest absolute Gasteiger partial charge is 0.384 e. The van der Waals surface area contributed by atoms with E-state index in [4.69, 9.17) is 0 Å². The fourth-order valence-electron chi connectivity index (χ4n) is 2.71. The molecule has 3 rings (SSSR count). The Kier molecular flexibility index (Phi) is 3.42. The predicted molar refractivity (Wildman–Crippen MR) is 80.6 cm³/mol. The molecule has 0 spiro atoms. The highest BCUT2D eigenvalue weighted by Crippen LogP contribution is 2.32. The summed E-state index contributed by atoms with van der Waals surface area (Å²) in [4.78, 5) is 14.4. The smallest absolute Gasteiger partial charge is 0.232 e. The Bertz CT molecular complexity index is 609. The molecule has 102 valence electrons. The summed E-state index contributed by atoms with van der Waals surface area (Å²) in [5, 5.41) is 3.30. The van der Waals surface area contributed by atoms with E-state index in [1.165, 1.54) is 0 Å².